The highest BCUT2D eigenvalue weighted by atomic mass is 31.2. The maximum absolute atomic E-state index is 11.1. The number of H-pyrrole nitrogens is 1. The average Bonchev–Trinajstić information content (AvgIpc) is 2.70. The molecule has 0 bridgehead atoms. The fraction of sp³-hybridized carbons (Fsp3) is 0.250. The molecule has 0 saturated carbocycles. The van der Waals surface area contributed by atoms with Crippen LogP contribution in [0.2, 0.25) is 0 Å². The first-order chi connectivity index (χ1) is 8.96. The summed E-state index contributed by atoms with van der Waals surface area (Å²) in [6.07, 6.45) is 2.96. The summed E-state index contributed by atoms with van der Waals surface area (Å²) in [5.74, 6) is -0.881. The summed E-state index contributed by atoms with van der Waals surface area (Å²) in [5, 5.41) is 1.09. The lowest BCUT2D eigenvalue weighted by molar-refractivity contribution is -0.135. The van der Waals surface area contributed by atoms with Crippen molar-refractivity contribution in [2.45, 2.75) is 19.3 Å². The van der Waals surface area contributed by atoms with Crippen molar-refractivity contribution >= 4 is 24.7 Å². The van der Waals surface area contributed by atoms with Gasteiger partial charge in [-0.25, -0.2) is 4.57 Å². The van der Waals surface area contributed by atoms with Gasteiger partial charge in [-0.3, -0.25) is 14.6 Å². The van der Waals surface area contributed by atoms with E-state index in [0.717, 1.165) is 16.5 Å². The van der Waals surface area contributed by atoms with E-state index in [0.29, 0.717) is 12.8 Å². The lowest BCUT2D eigenvalue weighted by Gasteiger charge is -2.04. The monoisotopic (exact) mass is 283 g/mol. The number of fused-ring (bicyclic) bond motifs is 1. The Hall–Kier alpha value is -1.62. The Kier molecular flexibility index (Phi) is 4.04. The number of carbonyl (C=O) groups is 1. The molecule has 0 unspecified atom stereocenters. The van der Waals surface area contributed by atoms with Gasteiger partial charge in [0, 0.05) is 23.5 Å². The van der Waals surface area contributed by atoms with Gasteiger partial charge in [0.1, 0.15) is 0 Å². The second-order valence-electron chi connectivity index (χ2n) is 4.17. The first-order valence-corrected chi connectivity index (χ1v) is 7.32. The van der Waals surface area contributed by atoms with E-state index in [1.165, 1.54) is 0 Å². The molecule has 1 aromatic heterocycles. The standard InChI is InChI=1S/C12H14NO5P/c14-12(18-19(15,16)17)7-3-4-9-8-13-11-6-2-1-5-10(9)11/h1-2,5-6,8,13H,3-4,7H2,(H2,15,16,17). The minimum atomic E-state index is -4.72. The van der Waals surface area contributed by atoms with E-state index >= 15 is 0 Å². The van der Waals surface area contributed by atoms with E-state index in [2.05, 4.69) is 9.51 Å². The summed E-state index contributed by atoms with van der Waals surface area (Å²) in [7, 11) is -4.72. The molecule has 3 N–H and O–H groups in total. The Morgan fingerprint density at radius 2 is 2.05 bits per heavy atom. The zero-order valence-electron chi connectivity index (χ0n) is 10.1. The van der Waals surface area contributed by atoms with E-state index in [1.54, 1.807) is 0 Å². The fourth-order valence-corrected chi connectivity index (χ4v) is 2.30. The number of rotatable bonds is 5. The Morgan fingerprint density at radius 3 is 2.79 bits per heavy atom. The number of hydrogen-bond acceptors (Lipinski definition) is 3. The number of aromatic amines is 1. The highest BCUT2D eigenvalue weighted by Crippen LogP contribution is 2.36. The van der Waals surface area contributed by atoms with Gasteiger partial charge in [-0.1, -0.05) is 18.2 Å². The summed E-state index contributed by atoms with van der Waals surface area (Å²) >= 11 is 0. The number of phosphoric acid groups is 1. The number of carbonyl (C=O) groups excluding carboxylic acids is 1. The molecule has 6 nitrogen and oxygen atoms in total. The second-order valence-corrected chi connectivity index (χ2v) is 5.33. The minimum absolute atomic E-state index is 0.0232. The molecule has 0 aliphatic carbocycles. The first-order valence-electron chi connectivity index (χ1n) is 5.79. The Bertz CT molecular complexity index is 630. The van der Waals surface area contributed by atoms with Gasteiger partial charge in [0.15, 0.2) is 0 Å². The summed E-state index contributed by atoms with van der Waals surface area (Å²) in [6, 6.07) is 7.80. The number of para-hydroxylation sites is 1. The van der Waals surface area contributed by atoms with Crippen molar-refractivity contribution < 1.29 is 23.7 Å². The molecule has 0 saturated heterocycles. The SMILES string of the molecule is O=C(CCCc1c[nH]c2ccccc12)OP(=O)(O)O. The van der Waals surface area contributed by atoms with Gasteiger partial charge in [0.25, 0.3) is 0 Å². The number of benzene rings is 1. The van der Waals surface area contributed by atoms with Crippen LogP contribution in [0, 0.1) is 0 Å². The zero-order chi connectivity index (χ0) is 13.9. The third-order valence-electron chi connectivity index (χ3n) is 2.72. The third-order valence-corrected chi connectivity index (χ3v) is 3.16. The first kappa shape index (κ1) is 13.8. The normalized spacial score (nSPS) is 11.7. The number of nitrogens with one attached hydrogen (secondary N) is 1. The molecule has 1 heterocycles. The zero-order valence-corrected chi connectivity index (χ0v) is 11.0. The van der Waals surface area contributed by atoms with Crippen molar-refractivity contribution in [3.05, 3.63) is 36.0 Å². The van der Waals surface area contributed by atoms with E-state index < -0.39 is 13.8 Å². The van der Waals surface area contributed by atoms with Gasteiger partial charge in [-0.2, -0.15) is 0 Å². The molecule has 0 aliphatic heterocycles. The lowest BCUT2D eigenvalue weighted by Crippen LogP contribution is -2.02. The van der Waals surface area contributed by atoms with Crippen LogP contribution in [0.25, 0.3) is 10.9 Å². The predicted molar refractivity (Wildman–Crippen MR) is 69.4 cm³/mol. The second kappa shape index (κ2) is 5.57. The molecule has 2 rings (SSSR count). The summed E-state index contributed by atoms with van der Waals surface area (Å²) in [5.41, 5.74) is 2.09. The van der Waals surface area contributed by atoms with Gasteiger partial charge < -0.3 is 9.51 Å². The molecule has 0 spiro atoms. The van der Waals surface area contributed by atoms with Crippen LogP contribution in [0.1, 0.15) is 18.4 Å². The van der Waals surface area contributed by atoms with Gasteiger partial charge in [-0.05, 0) is 24.5 Å². The Morgan fingerprint density at radius 1 is 1.32 bits per heavy atom. The quantitative estimate of drug-likeness (QED) is 0.730. The van der Waals surface area contributed by atoms with Crippen LogP contribution in [0.5, 0.6) is 0 Å². The molecule has 0 atom stereocenters. The maximum Gasteiger partial charge on any atom is 0.526 e. The molecule has 19 heavy (non-hydrogen) atoms. The predicted octanol–water partition coefficient (Wildman–Crippen LogP) is 2.13. The molecular formula is C12H14NO5P. The van der Waals surface area contributed by atoms with E-state index in [1.807, 2.05) is 30.5 Å². The lowest BCUT2D eigenvalue weighted by atomic mass is 10.1. The molecule has 7 heteroatoms. The van der Waals surface area contributed by atoms with Crippen LogP contribution >= 0.6 is 7.82 Å². The van der Waals surface area contributed by atoms with Gasteiger partial charge in [0.2, 0.25) is 0 Å². The average molecular weight is 283 g/mol. The van der Waals surface area contributed by atoms with E-state index in [9.17, 15) is 9.36 Å². The number of aryl methyl sites for hydroxylation is 1. The molecule has 0 aliphatic rings. The van der Waals surface area contributed by atoms with Crippen LogP contribution in [0.3, 0.4) is 0 Å². The molecule has 102 valence electrons. The summed E-state index contributed by atoms with van der Waals surface area (Å²) < 4.78 is 14.4. The highest BCUT2D eigenvalue weighted by Gasteiger charge is 2.19. The van der Waals surface area contributed by atoms with Crippen molar-refractivity contribution in [1.82, 2.24) is 4.98 Å². The maximum atomic E-state index is 11.1. The minimum Gasteiger partial charge on any atom is -0.371 e. The molecule has 1 aromatic carbocycles. The summed E-state index contributed by atoms with van der Waals surface area (Å²) in [6.45, 7) is 0. The molecule has 0 amide bonds. The van der Waals surface area contributed by atoms with Crippen LogP contribution in [0.15, 0.2) is 30.5 Å². The van der Waals surface area contributed by atoms with Crippen molar-refractivity contribution in [1.29, 1.82) is 0 Å². The van der Waals surface area contributed by atoms with Crippen LogP contribution < -0.4 is 0 Å². The Labute approximate surface area is 109 Å². The van der Waals surface area contributed by atoms with Gasteiger partial charge in [0.05, 0.1) is 0 Å². The number of aromatic nitrogens is 1. The van der Waals surface area contributed by atoms with Crippen molar-refractivity contribution in [3.8, 4) is 0 Å². The number of hydrogen-bond donors (Lipinski definition) is 3. The van der Waals surface area contributed by atoms with Crippen LogP contribution in [-0.2, 0) is 20.3 Å². The van der Waals surface area contributed by atoms with Gasteiger partial charge >= 0.3 is 13.8 Å². The molecule has 2 aromatic rings. The fourth-order valence-electron chi connectivity index (χ4n) is 1.94. The molecule has 0 radical (unpaired) electrons. The van der Waals surface area contributed by atoms with E-state index in [-0.39, 0.29) is 6.42 Å². The largest absolute Gasteiger partial charge is 0.526 e. The topological polar surface area (TPSA) is 99.6 Å². The van der Waals surface area contributed by atoms with Crippen molar-refractivity contribution in [2.24, 2.45) is 0 Å². The van der Waals surface area contributed by atoms with Crippen molar-refractivity contribution in [2.75, 3.05) is 0 Å². The summed E-state index contributed by atoms with van der Waals surface area (Å²) in [4.78, 5) is 31.2. The molecule has 0 fully saturated rings. The smallest absolute Gasteiger partial charge is 0.371 e. The van der Waals surface area contributed by atoms with Gasteiger partial charge in [-0.15, -0.1) is 0 Å². The molecular weight excluding hydrogens is 269 g/mol. The highest BCUT2D eigenvalue weighted by molar-refractivity contribution is 7.46. The van der Waals surface area contributed by atoms with E-state index in [4.69, 9.17) is 9.79 Å². The van der Waals surface area contributed by atoms with Crippen molar-refractivity contribution in [3.63, 3.8) is 0 Å². The number of phosphoric ester groups is 1. The third kappa shape index (κ3) is 3.92. The van der Waals surface area contributed by atoms with Crippen LogP contribution in [-0.4, -0.2) is 20.7 Å². The van der Waals surface area contributed by atoms with Crippen LogP contribution in [0.4, 0.5) is 0 Å². The Balaban J connectivity index is 1.89.